The molecule has 0 aromatic rings. The van der Waals surface area contributed by atoms with Gasteiger partial charge < -0.3 is 15.3 Å². The molecule has 3 fully saturated rings. The molecule has 5 nitrogen and oxygen atoms in total. The van der Waals surface area contributed by atoms with Gasteiger partial charge in [0.15, 0.2) is 0 Å². The summed E-state index contributed by atoms with van der Waals surface area (Å²) in [6, 6.07) is -0.613. The van der Waals surface area contributed by atoms with Gasteiger partial charge >= 0.3 is 5.97 Å². The molecule has 3 unspecified atom stereocenters. The van der Waals surface area contributed by atoms with E-state index in [0.717, 1.165) is 32.4 Å². The first kappa shape index (κ1) is 15.2. The molecule has 3 rings (SSSR count). The molecule has 118 valence electrons. The number of carbonyl (C=O) groups is 2. The lowest BCUT2D eigenvalue weighted by Gasteiger charge is -2.29. The van der Waals surface area contributed by atoms with Gasteiger partial charge in [0.2, 0.25) is 5.91 Å². The van der Waals surface area contributed by atoms with Crippen LogP contribution in [0.4, 0.5) is 0 Å². The molecule has 2 saturated heterocycles. The highest BCUT2D eigenvalue weighted by molar-refractivity contribution is 8.00. The number of nitrogens with zero attached hydrogens (tertiary/aromatic N) is 1. The van der Waals surface area contributed by atoms with Gasteiger partial charge in [0.1, 0.15) is 6.04 Å². The fraction of sp³-hybridized carbons (Fsp3) is 0.867. The van der Waals surface area contributed by atoms with Crippen molar-refractivity contribution in [2.75, 3.05) is 18.8 Å². The third-order valence-corrected chi connectivity index (χ3v) is 6.26. The third-order valence-electron chi connectivity index (χ3n) is 4.80. The van der Waals surface area contributed by atoms with Crippen LogP contribution in [0.5, 0.6) is 0 Å². The predicted molar refractivity (Wildman–Crippen MR) is 82.1 cm³/mol. The Balaban J connectivity index is 1.58. The average molecular weight is 312 g/mol. The molecule has 21 heavy (non-hydrogen) atoms. The number of piperidine rings is 1. The number of carboxylic acid groups (broad SMARTS) is 1. The Kier molecular flexibility index (Phi) is 4.74. The SMILES string of the molecule is O=C(O)C1CSC(C2CC2)N1C(=O)CCC1CCCNC1. The molecule has 6 heteroatoms. The zero-order valence-electron chi connectivity index (χ0n) is 12.3. The highest BCUT2D eigenvalue weighted by atomic mass is 32.2. The third kappa shape index (κ3) is 3.54. The summed E-state index contributed by atoms with van der Waals surface area (Å²) in [5.41, 5.74) is 0. The number of carboxylic acids is 1. The van der Waals surface area contributed by atoms with Gasteiger partial charge in [0.05, 0.1) is 5.37 Å². The number of amides is 1. The first-order valence-electron chi connectivity index (χ1n) is 8.03. The molecule has 3 atom stereocenters. The number of hydrogen-bond donors (Lipinski definition) is 2. The lowest BCUT2D eigenvalue weighted by Crippen LogP contribution is -2.46. The van der Waals surface area contributed by atoms with Gasteiger partial charge in [-0.1, -0.05) is 0 Å². The second-order valence-electron chi connectivity index (χ2n) is 6.47. The topological polar surface area (TPSA) is 69.6 Å². The molecule has 3 aliphatic rings. The van der Waals surface area contributed by atoms with Gasteiger partial charge in [-0.15, -0.1) is 11.8 Å². The van der Waals surface area contributed by atoms with Crippen LogP contribution in [0.3, 0.4) is 0 Å². The van der Waals surface area contributed by atoms with Crippen molar-refractivity contribution in [3.63, 3.8) is 0 Å². The molecular formula is C15H24N2O3S. The first-order valence-corrected chi connectivity index (χ1v) is 9.08. The molecular weight excluding hydrogens is 288 g/mol. The highest BCUT2D eigenvalue weighted by Gasteiger charge is 2.47. The Bertz CT molecular complexity index is 408. The first-order chi connectivity index (χ1) is 10.2. The molecule has 0 bridgehead atoms. The largest absolute Gasteiger partial charge is 0.480 e. The quantitative estimate of drug-likeness (QED) is 0.806. The molecule has 1 amide bonds. The maximum absolute atomic E-state index is 12.6. The van der Waals surface area contributed by atoms with E-state index in [4.69, 9.17) is 0 Å². The van der Waals surface area contributed by atoms with E-state index in [-0.39, 0.29) is 11.3 Å². The van der Waals surface area contributed by atoms with Crippen LogP contribution in [0.25, 0.3) is 0 Å². The fourth-order valence-electron chi connectivity index (χ4n) is 3.41. The summed E-state index contributed by atoms with van der Waals surface area (Å²) in [6.07, 6.45) is 6.03. The van der Waals surface area contributed by atoms with Gasteiger partial charge in [-0.25, -0.2) is 4.79 Å². The molecule has 0 aromatic carbocycles. The number of carbonyl (C=O) groups excluding carboxylic acids is 1. The number of rotatable bonds is 5. The van der Waals surface area contributed by atoms with Gasteiger partial charge in [-0.05, 0) is 57.0 Å². The Morgan fingerprint density at radius 2 is 2.10 bits per heavy atom. The van der Waals surface area contributed by atoms with Crippen molar-refractivity contribution < 1.29 is 14.7 Å². The van der Waals surface area contributed by atoms with Crippen LogP contribution in [0.1, 0.15) is 38.5 Å². The Morgan fingerprint density at radius 1 is 1.29 bits per heavy atom. The minimum atomic E-state index is -0.849. The zero-order valence-corrected chi connectivity index (χ0v) is 13.1. The van der Waals surface area contributed by atoms with Crippen LogP contribution >= 0.6 is 11.8 Å². The molecule has 2 heterocycles. The van der Waals surface area contributed by atoms with Gasteiger partial charge in [0, 0.05) is 12.2 Å². The minimum absolute atomic E-state index is 0.0508. The molecule has 0 radical (unpaired) electrons. The summed E-state index contributed by atoms with van der Waals surface area (Å²) in [5.74, 6) is 0.848. The lowest BCUT2D eigenvalue weighted by molar-refractivity contribution is -0.149. The van der Waals surface area contributed by atoms with Crippen molar-refractivity contribution in [3.05, 3.63) is 0 Å². The molecule has 2 N–H and O–H groups in total. The molecule has 0 aromatic heterocycles. The van der Waals surface area contributed by atoms with Crippen LogP contribution in [-0.4, -0.2) is 52.1 Å². The van der Waals surface area contributed by atoms with Gasteiger partial charge in [-0.2, -0.15) is 0 Å². The van der Waals surface area contributed by atoms with Gasteiger partial charge in [-0.3, -0.25) is 4.79 Å². The average Bonchev–Trinajstić information content (AvgIpc) is 3.24. The van der Waals surface area contributed by atoms with E-state index in [0.29, 0.717) is 24.0 Å². The van der Waals surface area contributed by atoms with E-state index in [1.807, 2.05) is 0 Å². The second-order valence-corrected chi connectivity index (χ2v) is 7.62. The predicted octanol–water partition coefficient (Wildman–Crippen LogP) is 1.53. The summed E-state index contributed by atoms with van der Waals surface area (Å²) in [5, 5.41) is 12.8. The Labute approximate surface area is 129 Å². The number of hydrogen-bond acceptors (Lipinski definition) is 4. The maximum atomic E-state index is 12.6. The van der Waals surface area contributed by atoms with E-state index in [2.05, 4.69) is 5.32 Å². The molecule has 0 spiro atoms. The lowest BCUT2D eigenvalue weighted by atomic mass is 9.94. The van der Waals surface area contributed by atoms with E-state index in [1.54, 1.807) is 16.7 Å². The van der Waals surface area contributed by atoms with Crippen LogP contribution in [0, 0.1) is 11.8 Å². The maximum Gasteiger partial charge on any atom is 0.327 e. The van der Waals surface area contributed by atoms with Crippen LogP contribution < -0.4 is 5.32 Å². The smallest absolute Gasteiger partial charge is 0.327 e. The Morgan fingerprint density at radius 3 is 2.71 bits per heavy atom. The molecule has 1 aliphatic carbocycles. The van der Waals surface area contributed by atoms with Crippen molar-refractivity contribution in [2.45, 2.75) is 49.9 Å². The van der Waals surface area contributed by atoms with E-state index in [1.165, 1.54) is 12.8 Å². The minimum Gasteiger partial charge on any atom is -0.480 e. The van der Waals surface area contributed by atoms with Crippen molar-refractivity contribution in [3.8, 4) is 0 Å². The zero-order chi connectivity index (χ0) is 14.8. The second kappa shape index (κ2) is 6.57. The standard InChI is InChI=1S/C15H24N2O3S/c18-13(6-3-10-2-1-7-16-8-10)17-12(15(19)20)9-21-14(17)11-4-5-11/h10-12,14,16H,1-9H2,(H,19,20). The van der Waals surface area contributed by atoms with Crippen LogP contribution in [0.2, 0.25) is 0 Å². The number of aliphatic carboxylic acids is 1. The monoisotopic (exact) mass is 312 g/mol. The molecule has 2 aliphatic heterocycles. The summed E-state index contributed by atoms with van der Waals surface area (Å²) < 4.78 is 0. The van der Waals surface area contributed by atoms with Crippen molar-refractivity contribution >= 4 is 23.6 Å². The highest BCUT2D eigenvalue weighted by Crippen LogP contribution is 2.45. The van der Waals surface area contributed by atoms with Crippen LogP contribution in [0.15, 0.2) is 0 Å². The normalized spacial score (nSPS) is 33.1. The number of nitrogens with one attached hydrogen (secondary N) is 1. The summed E-state index contributed by atoms with van der Waals surface area (Å²) >= 11 is 1.66. The van der Waals surface area contributed by atoms with Crippen LogP contribution in [-0.2, 0) is 9.59 Å². The number of thioether (sulfide) groups is 1. The fourth-order valence-corrected chi connectivity index (χ4v) is 5.06. The Hall–Kier alpha value is -0.750. The van der Waals surface area contributed by atoms with E-state index < -0.39 is 12.0 Å². The van der Waals surface area contributed by atoms with Crippen molar-refractivity contribution in [2.24, 2.45) is 11.8 Å². The summed E-state index contributed by atoms with van der Waals surface area (Å²) in [7, 11) is 0. The summed E-state index contributed by atoms with van der Waals surface area (Å²) in [6.45, 7) is 2.08. The van der Waals surface area contributed by atoms with E-state index >= 15 is 0 Å². The van der Waals surface area contributed by atoms with Crippen molar-refractivity contribution in [1.82, 2.24) is 10.2 Å². The van der Waals surface area contributed by atoms with Gasteiger partial charge in [0.25, 0.3) is 0 Å². The summed E-state index contributed by atoms with van der Waals surface area (Å²) in [4.78, 5) is 25.7. The van der Waals surface area contributed by atoms with Crippen molar-refractivity contribution in [1.29, 1.82) is 0 Å². The molecule has 1 saturated carbocycles. The van der Waals surface area contributed by atoms with E-state index in [9.17, 15) is 14.7 Å².